The molecule has 0 aliphatic carbocycles. The number of nitrogens with two attached hydrogens (primary N) is 1. The molecule has 0 bridgehead atoms. The third-order valence-corrected chi connectivity index (χ3v) is 10.1. The van der Waals surface area contributed by atoms with E-state index in [-0.39, 0.29) is 17.6 Å². The molecular weight excluding hydrogens is 783 g/mol. The van der Waals surface area contributed by atoms with Crippen LogP contribution in [0, 0.1) is 0 Å². The molecule has 17 heteroatoms. The summed E-state index contributed by atoms with van der Waals surface area (Å²) < 4.78 is 10.5. The Labute approximate surface area is 346 Å². The Morgan fingerprint density at radius 1 is 0.810 bits per heavy atom. The zero-order chi connectivity index (χ0) is 42.2. The van der Waals surface area contributed by atoms with Crippen LogP contribution in [0.1, 0.15) is 85.9 Å². The lowest BCUT2D eigenvalue weighted by Crippen LogP contribution is -2.38. The van der Waals surface area contributed by atoms with E-state index in [0.29, 0.717) is 56.5 Å². The van der Waals surface area contributed by atoms with Gasteiger partial charge in [0, 0.05) is 40.9 Å². The Morgan fingerprint density at radius 3 is 1.98 bits per heavy atom. The highest BCUT2D eigenvalue weighted by molar-refractivity contribution is 6.35. The molecule has 3 aromatic carbocycles. The van der Waals surface area contributed by atoms with Crippen LogP contribution >= 0.6 is 23.2 Å². The van der Waals surface area contributed by atoms with Crippen molar-refractivity contribution in [3.63, 3.8) is 0 Å². The summed E-state index contributed by atoms with van der Waals surface area (Å²) >= 11 is 13.3. The summed E-state index contributed by atoms with van der Waals surface area (Å²) in [5, 5.41) is 12.7. The Bertz CT molecular complexity index is 2400. The second-order valence-corrected chi connectivity index (χ2v) is 16.3. The maximum atomic E-state index is 13.4. The van der Waals surface area contributed by atoms with E-state index >= 15 is 0 Å². The van der Waals surface area contributed by atoms with Gasteiger partial charge in [0.1, 0.15) is 47.3 Å². The minimum absolute atomic E-state index is 0.0878. The van der Waals surface area contributed by atoms with Crippen molar-refractivity contribution in [3.8, 4) is 5.75 Å². The molecule has 0 atom stereocenters. The van der Waals surface area contributed by atoms with Crippen LogP contribution in [0.5, 0.6) is 5.75 Å². The minimum Gasteiger partial charge on any atom is -0.497 e. The normalized spacial score (nSPS) is 14.7. The number of hydrogen-bond donors (Lipinski definition) is 5. The number of benzene rings is 3. The van der Waals surface area contributed by atoms with Gasteiger partial charge < -0.3 is 36.1 Å². The molecule has 0 radical (unpaired) electrons. The van der Waals surface area contributed by atoms with Gasteiger partial charge >= 0.3 is 6.09 Å². The van der Waals surface area contributed by atoms with Crippen LogP contribution in [0.15, 0.2) is 73.3 Å². The number of nitrogens with one attached hydrogen (secondary N) is 4. The molecule has 7 rings (SSSR count). The van der Waals surface area contributed by atoms with Crippen LogP contribution in [0.25, 0.3) is 0 Å². The van der Waals surface area contributed by atoms with Gasteiger partial charge in [0.05, 0.1) is 39.6 Å². The van der Waals surface area contributed by atoms with Gasteiger partial charge in [-0.1, -0.05) is 35.3 Å². The van der Waals surface area contributed by atoms with Crippen LogP contribution in [0.4, 0.5) is 39.4 Å². The fraction of sp³-hybridized carbons (Fsp3) is 0.293. The van der Waals surface area contributed by atoms with E-state index in [1.165, 1.54) is 12.7 Å². The highest BCUT2D eigenvalue weighted by atomic mass is 35.5. The predicted molar refractivity (Wildman–Crippen MR) is 224 cm³/mol. The lowest BCUT2D eigenvalue weighted by molar-refractivity contribution is 0.0593. The van der Waals surface area contributed by atoms with Crippen molar-refractivity contribution in [3.05, 3.63) is 111 Å². The zero-order valence-corrected chi connectivity index (χ0v) is 34.8. The van der Waals surface area contributed by atoms with Crippen LogP contribution in [0.3, 0.4) is 0 Å². The van der Waals surface area contributed by atoms with Crippen molar-refractivity contribution in [1.29, 1.82) is 0 Å². The van der Waals surface area contributed by atoms with Crippen molar-refractivity contribution in [1.82, 2.24) is 30.2 Å². The molecule has 4 heterocycles. The molecule has 6 N–H and O–H groups in total. The third-order valence-electron chi connectivity index (χ3n) is 9.35. The smallest absolute Gasteiger partial charge is 0.413 e. The molecule has 2 aliphatic heterocycles. The molecule has 15 nitrogen and oxygen atoms in total. The molecule has 2 aliphatic rings. The quantitative estimate of drug-likeness (QED) is 0.100. The number of rotatable bonds is 8. The first-order valence-corrected chi connectivity index (χ1v) is 18.9. The molecule has 3 amide bonds. The number of nitrogens with zero attached hydrogens (tertiary/aromatic N) is 5. The van der Waals surface area contributed by atoms with E-state index in [0.717, 1.165) is 22.4 Å². The lowest BCUT2D eigenvalue weighted by atomic mass is 9.92. The summed E-state index contributed by atoms with van der Waals surface area (Å²) in [6.45, 7) is 13.5. The molecule has 58 heavy (non-hydrogen) atoms. The summed E-state index contributed by atoms with van der Waals surface area (Å²) in [5.41, 5.74) is 8.71. The van der Waals surface area contributed by atoms with Gasteiger partial charge in [-0.3, -0.25) is 14.9 Å². The van der Waals surface area contributed by atoms with Gasteiger partial charge in [-0.2, -0.15) is 0 Å². The van der Waals surface area contributed by atoms with E-state index in [1.807, 2.05) is 56.9 Å². The summed E-state index contributed by atoms with van der Waals surface area (Å²) in [6, 6.07) is 17.8. The fourth-order valence-electron chi connectivity index (χ4n) is 6.67. The molecule has 0 unspecified atom stereocenters. The first-order valence-electron chi connectivity index (χ1n) is 18.1. The van der Waals surface area contributed by atoms with Crippen molar-refractivity contribution in [2.45, 2.75) is 71.7 Å². The molecule has 0 saturated carbocycles. The van der Waals surface area contributed by atoms with E-state index in [2.05, 4.69) is 41.2 Å². The summed E-state index contributed by atoms with van der Waals surface area (Å²) in [7, 11) is 1.62. The number of hydrogen-bond acceptors (Lipinski definition) is 12. The largest absolute Gasteiger partial charge is 0.497 e. The van der Waals surface area contributed by atoms with Crippen LogP contribution in [0.2, 0.25) is 10.0 Å². The lowest BCUT2D eigenvalue weighted by Gasteiger charge is -2.33. The third kappa shape index (κ3) is 8.85. The molecule has 0 fully saturated rings. The number of halogens is 2. The maximum absolute atomic E-state index is 13.4. The van der Waals surface area contributed by atoms with Gasteiger partial charge in [0.15, 0.2) is 0 Å². The first-order chi connectivity index (χ1) is 27.3. The molecular formula is C41H44Cl2N10O5. The topological polar surface area (TPSA) is 199 Å². The number of methoxy groups -OCH3 is 1. The van der Waals surface area contributed by atoms with Crippen molar-refractivity contribution >= 4 is 75.8 Å². The van der Waals surface area contributed by atoms with Crippen molar-refractivity contribution in [2.24, 2.45) is 0 Å². The monoisotopic (exact) mass is 826 g/mol. The SMILES string of the molecule is CC1(C)NC(=O)c2ccc(Nc3cc(N)ncn3)c(Cl)c21.COc1ccc(CN2C(=O)c3ccc(Nc4cc(NC(=O)OC(C)(C)C)ncn4)c(Cl)c3C2(C)C)cc1. The number of fused-ring (bicyclic) bond motifs is 2. The number of carbonyl (C=O) groups excluding carboxylic acids is 3. The summed E-state index contributed by atoms with van der Waals surface area (Å²) in [6.07, 6.45) is 2.07. The Kier molecular flexibility index (Phi) is 11.4. The maximum Gasteiger partial charge on any atom is 0.413 e. The first kappa shape index (κ1) is 41.4. The average molecular weight is 828 g/mol. The second kappa shape index (κ2) is 16.0. The number of carbonyl (C=O) groups is 3. The summed E-state index contributed by atoms with van der Waals surface area (Å²) in [4.78, 5) is 55.4. The van der Waals surface area contributed by atoms with Crippen LogP contribution in [-0.2, 0) is 22.4 Å². The molecule has 302 valence electrons. The highest BCUT2D eigenvalue weighted by Crippen LogP contribution is 2.46. The number of amides is 3. The number of aromatic nitrogens is 4. The highest BCUT2D eigenvalue weighted by Gasteiger charge is 2.45. The van der Waals surface area contributed by atoms with E-state index in [9.17, 15) is 14.4 Å². The molecule has 0 spiro atoms. The van der Waals surface area contributed by atoms with Crippen molar-refractivity contribution in [2.75, 3.05) is 28.8 Å². The number of ether oxygens (including phenoxy) is 2. The Morgan fingerprint density at radius 2 is 1.38 bits per heavy atom. The van der Waals surface area contributed by atoms with Crippen LogP contribution < -0.4 is 31.7 Å². The molecule has 5 aromatic rings. The molecule has 2 aromatic heterocycles. The number of nitrogen functional groups attached to an aromatic ring is 1. The van der Waals surface area contributed by atoms with E-state index < -0.39 is 22.8 Å². The fourth-order valence-corrected chi connectivity index (χ4v) is 7.56. The number of anilines is 6. The van der Waals surface area contributed by atoms with Gasteiger partial charge in [0.25, 0.3) is 11.8 Å². The minimum atomic E-state index is -0.657. The van der Waals surface area contributed by atoms with Gasteiger partial charge in [-0.15, -0.1) is 0 Å². The van der Waals surface area contributed by atoms with E-state index in [1.54, 1.807) is 64.3 Å². The van der Waals surface area contributed by atoms with Crippen LogP contribution in [-0.4, -0.2) is 55.5 Å². The second-order valence-electron chi connectivity index (χ2n) is 15.6. The van der Waals surface area contributed by atoms with Gasteiger partial charge in [-0.05, 0) is 90.4 Å². The zero-order valence-electron chi connectivity index (χ0n) is 33.2. The van der Waals surface area contributed by atoms with Gasteiger partial charge in [0.2, 0.25) is 0 Å². The Balaban J connectivity index is 0.000000227. The average Bonchev–Trinajstić information content (AvgIpc) is 3.50. The standard InChI is InChI=1S/C27H30ClN5O4.C14H14ClN5O/c1-26(2,3)37-25(35)32-21-13-20(29-15-30-21)31-19-12-11-18-22(23(19)28)27(4,5)33(24(18)34)14-16-7-9-17(36-6)10-8-16;1-14(2)11-7(13(21)20-14)3-4-8(12(11)15)19-10-5-9(16)17-6-18-10/h7-13,15H,14H2,1-6H3,(H2,29,30,31,32,35);3-6H,1-2H3,(H,20,21)(H3,16,17,18,19). The summed E-state index contributed by atoms with van der Waals surface area (Å²) in [5.74, 6) is 2.14. The Hall–Kier alpha value is -6.19. The van der Waals surface area contributed by atoms with E-state index in [4.69, 9.17) is 38.4 Å². The predicted octanol–water partition coefficient (Wildman–Crippen LogP) is 8.55. The molecule has 0 saturated heterocycles. The van der Waals surface area contributed by atoms with Gasteiger partial charge in [-0.25, -0.2) is 24.7 Å². The van der Waals surface area contributed by atoms with Crippen molar-refractivity contribution < 1.29 is 23.9 Å².